The maximum atomic E-state index is 12.7. The molecule has 0 bridgehead atoms. The van der Waals surface area contributed by atoms with Gasteiger partial charge in [-0.25, -0.2) is 8.78 Å². The first-order valence-corrected chi connectivity index (χ1v) is 3.56. The number of hydrogen-bond acceptors (Lipinski definition) is 3. The van der Waals surface area contributed by atoms with E-state index in [1.165, 1.54) is 0 Å². The van der Waals surface area contributed by atoms with E-state index in [2.05, 4.69) is 4.65 Å². The molecule has 0 aliphatic heterocycles. The van der Waals surface area contributed by atoms with Gasteiger partial charge in [-0.1, -0.05) is 11.6 Å². The summed E-state index contributed by atoms with van der Waals surface area (Å²) in [6, 6.07) is 1.30. The topological polar surface area (TPSA) is 49.7 Å². The van der Waals surface area contributed by atoms with Crippen LogP contribution >= 0.6 is 11.6 Å². The van der Waals surface area contributed by atoms with Crippen LogP contribution in [0.3, 0.4) is 0 Å². The zero-order valence-electron chi connectivity index (χ0n) is 6.17. The van der Waals surface area contributed by atoms with Gasteiger partial charge in [0, 0.05) is 12.1 Å². The van der Waals surface area contributed by atoms with E-state index in [0.29, 0.717) is 6.07 Å². The zero-order valence-corrected chi connectivity index (χ0v) is 6.92. The maximum Gasteiger partial charge on any atom is 0.707 e. The van der Waals surface area contributed by atoms with Crippen LogP contribution in [0.2, 0.25) is 5.02 Å². The molecule has 0 spiro atoms. The zero-order chi connectivity index (χ0) is 10.0. The van der Waals surface area contributed by atoms with Gasteiger partial charge in [0.25, 0.3) is 0 Å². The van der Waals surface area contributed by atoms with E-state index in [1.807, 2.05) is 0 Å². The van der Waals surface area contributed by atoms with Crippen molar-refractivity contribution in [3.05, 3.63) is 28.8 Å². The van der Waals surface area contributed by atoms with E-state index in [1.54, 1.807) is 0 Å². The summed E-state index contributed by atoms with van der Waals surface area (Å²) < 4.78 is 29.5. The molecule has 0 aliphatic rings. The summed E-state index contributed by atoms with van der Waals surface area (Å²) in [5.74, 6) is -2.53. The van der Waals surface area contributed by atoms with Crippen LogP contribution in [0.25, 0.3) is 0 Å². The Morgan fingerprint density at radius 3 is 2.38 bits per heavy atom. The van der Waals surface area contributed by atoms with Crippen molar-refractivity contribution >= 4 is 18.9 Å². The third-order valence-corrected chi connectivity index (χ3v) is 1.50. The van der Waals surface area contributed by atoms with Gasteiger partial charge in [0.05, 0.1) is 5.02 Å². The van der Waals surface area contributed by atoms with E-state index >= 15 is 0 Å². The SMILES string of the molecule is OB(O)Oc1cc(Cl)c(F)cc1F. The van der Waals surface area contributed by atoms with Crippen LogP contribution in [0.15, 0.2) is 12.1 Å². The minimum Gasteiger partial charge on any atom is -0.510 e. The van der Waals surface area contributed by atoms with Crippen molar-refractivity contribution in [3.63, 3.8) is 0 Å². The monoisotopic (exact) mass is 208 g/mol. The Morgan fingerprint density at radius 1 is 1.23 bits per heavy atom. The van der Waals surface area contributed by atoms with E-state index in [-0.39, 0.29) is 5.02 Å². The molecule has 0 radical (unpaired) electrons. The summed E-state index contributed by atoms with van der Waals surface area (Å²) in [6.07, 6.45) is 0. The van der Waals surface area contributed by atoms with Crippen molar-refractivity contribution in [1.29, 1.82) is 0 Å². The minimum atomic E-state index is -2.17. The van der Waals surface area contributed by atoms with Gasteiger partial charge >= 0.3 is 7.32 Å². The van der Waals surface area contributed by atoms with Gasteiger partial charge in [-0.15, -0.1) is 0 Å². The molecule has 0 saturated heterocycles. The van der Waals surface area contributed by atoms with Gasteiger partial charge in [-0.05, 0) is 0 Å². The lowest BCUT2D eigenvalue weighted by Crippen LogP contribution is -2.21. The third kappa shape index (κ3) is 2.55. The van der Waals surface area contributed by atoms with Gasteiger partial charge in [-0.2, -0.15) is 0 Å². The molecule has 1 aromatic rings. The van der Waals surface area contributed by atoms with Gasteiger partial charge in [0.15, 0.2) is 5.82 Å². The van der Waals surface area contributed by atoms with Crippen LogP contribution in [0.1, 0.15) is 0 Å². The number of benzene rings is 1. The standard InChI is InChI=1S/C6H4BClF2O3/c8-3-1-6(13-7(11)12)5(10)2-4(3)9/h1-2,11-12H. The van der Waals surface area contributed by atoms with Crippen LogP contribution in [0.5, 0.6) is 5.75 Å². The van der Waals surface area contributed by atoms with Crippen molar-refractivity contribution in [2.45, 2.75) is 0 Å². The first-order chi connectivity index (χ1) is 6.00. The molecule has 0 heterocycles. The van der Waals surface area contributed by atoms with Crippen LogP contribution in [-0.4, -0.2) is 17.4 Å². The second kappa shape index (κ2) is 3.91. The number of rotatable bonds is 2. The summed E-state index contributed by atoms with van der Waals surface area (Å²) >= 11 is 5.28. The average molecular weight is 208 g/mol. The Labute approximate surface area is 77.7 Å². The molecule has 0 saturated carbocycles. The fourth-order valence-electron chi connectivity index (χ4n) is 0.708. The molecular formula is C6H4BClF2O3. The molecule has 1 aromatic carbocycles. The largest absolute Gasteiger partial charge is 0.707 e. The van der Waals surface area contributed by atoms with Crippen molar-refractivity contribution in [1.82, 2.24) is 0 Å². The van der Waals surface area contributed by atoms with E-state index in [0.717, 1.165) is 6.07 Å². The Bertz CT molecular complexity index is 321. The second-order valence-corrected chi connectivity index (χ2v) is 2.55. The number of hydrogen-bond donors (Lipinski definition) is 2. The minimum absolute atomic E-state index is 0.364. The average Bonchev–Trinajstić information content (AvgIpc) is 1.99. The lowest BCUT2D eigenvalue weighted by atomic mass is 10.2. The van der Waals surface area contributed by atoms with E-state index < -0.39 is 24.7 Å². The first kappa shape index (κ1) is 10.2. The third-order valence-electron chi connectivity index (χ3n) is 1.21. The van der Waals surface area contributed by atoms with Gasteiger partial charge in [0.2, 0.25) is 0 Å². The molecule has 0 fully saturated rings. The van der Waals surface area contributed by atoms with Crippen LogP contribution in [0.4, 0.5) is 8.78 Å². The summed E-state index contributed by atoms with van der Waals surface area (Å²) in [5, 5.41) is 16.3. The van der Waals surface area contributed by atoms with Crippen molar-refractivity contribution in [3.8, 4) is 5.75 Å². The Morgan fingerprint density at radius 2 is 1.85 bits per heavy atom. The molecule has 0 aromatic heterocycles. The Balaban J connectivity index is 3.01. The molecule has 70 valence electrons. The lowest BCUT2D eigenvalue weighted by Gasteiger charge is -2.06. The van der Waals surface area contributed by atoms with Crippen molar-refractivity contribution in [2.75, 3.05) is 0 Å². The predicted octanol–water partition coefficient (Wildman–Crippen LogP) is 0.966. The molecular weight excluding hydrogens is 204 g/mol. The molecule has 1 rings (SSSR count). The van der Waals surface area contributed by atoms with Crippen LogP contribution in [0, 0.1) is 11.6 Å². The number of halogens is 3. The molecule has 2 N–H and O–H groups in total. The van der Waals surface area contributed by atoms with Crippen molar-refractivity contribution in [2.24, 2.45) is 0 Å². The van der Waals surface area contributed by atoms with E-state index in [9.17, 15) is 8.78 Å². The fraction of sp³-hybridized carbons (Fsp3) is 0. The molecule has 0 aliphatic carbocycles. The predicted molar refractivity (Wildman–Crippen MR) is 42.2 cm³/mol. The Hall–Kier alpha value is -0.845. The molecule has 0 amide bonds. The first-order valence-electron chi connectivity index (χ1n) is 3.18. The normalized spacial score (nSPS) is 9.92. The summed E-state index contributed by atoms with van der Waals surface area (Å²) in [5.41, 5.74) is 0. The summed E-state index contributed by atoms with van der Waals surface area (Å²) in [7, 11) is -2.17. The fourth-order valence-corrected chi connectivity index (χ4v) is 0.862. The highest BCUT2D eigenvalue weighted by atomic mass is 35.5. The molecule has 13 heavy (non-hydrogen) atoms. The molecule has 0 atom stereocenters. The highest BCUT2D eigenvalue weighted by Gasteiger charge is 2.16. The molecule has 0 unspecified atom stereocenters. The highest BCUT2D eigenvalue weighted by Crippen LogP contribution is 2.24. The Kier molecular flexibility index (Phi) is 3.08. The van der Waals surface area contributed by atoms with Crippen LogP contribution < -0.4 is 4.65 Å². The van der Waals surface area contributed by atoms with E-state index in [4.69, 9.17) is 21.6 Å². The molecule has 3 nitrogen and oxygen atoms in total. The van der Waals surface area contributed by atoms with Crippen LogP contribution in [-0.2, 0) is 0 Å². The van der Waals surface area contributed by atoms with Crippen molar-refractivity contribution < 1.29 is 23.5 Å². The van der Waals surface area contributed by atoms with Gasteiger partial charge in [-0.3, -0.25) is 0 Å². The van der Waals surface area contributed by atoms with Gasteiger partial charge in [0.1, 0.15) is 11.6 Å². The smallest absolute Gasteiger partial charge is 0.510 e. The summed E-state index contributed by atoms with van der Waals surface area (Å²) in [4.78, 5) is 0. The summed E-state index contributed by atoms with van der Waals surface area (Å²) in [6.45, 7) is 0. The quantitative estimate of drug-likeness (QED) is 0.562. The second-order valence-electron chi connectivity index (χ2n) is 2.14. The maximum absolute atomic E-state index is 12.7. The lowest BCUT2D eigenvalue weighted by molar-refractivity contribution is 0.281. The highest BCUT2D eigenvalue weighted by molar-refractivity contribution is 6.34. The molecule has 7 heteroatoms. The van der Waals surface area contributed by atoms with Gasteiger partial charge < -0.3 is 14.7 Å².